The Labute approximate surface area is 76.9 Å². The van der Waals surface area contributed by atoms with E-state index < -0.39 is 11.8 Å². The molecule has 0 saturated carbocycles. The normalized spacial score (nSPS) is 14.2. The molecule has 13 heavy (non-hydrogen) atoms. The molecule has 0 saturated heterocycles. The lowest BCUT2D eigenvalue weighted by atomic mass is 10.0. The molecule has 0 aromatic rings. The SMILES string of the molecule is C[C@@H](C/C=C(\F)C(=O)O)CCCO. The van der Waals surface area contributed by atoms with Crippen LogP contribution < -0.4 is 0 Å². The predicted molar refractivity (Wildman–Crippen MR) is 46.9 cm³/mol. The highest BCUT2D eigenvalue weighted by Crippen LogP contribution is 2.12. The van der Waals surface area contributed by atoms with Gasteiger partial charge in [0.05, 0.1) is 0 Å². The van der Waals surface area contributed by atoms with Gasteiger partial charge in [0.25, 0.3) is 0 Å². The topological polar surface area (TPSA) is 57.5 Å². The molecule has 0 unspecified atom stereocenters. The fourth-order valence-corrected chi connectivity index (χ4v) is 0.950. The second kappa shape index (κ2) is 6.60. The van der Waals surface area contributed by atoms with Crippen LogP contribution in [-0.4, -0.2) is 22.8 Å². The highest BCUT2D eigenvalue weighted by atomic mass is 19.1. The molecule has 0 aromatic heterocycles. The first kappa shape index (κ1) is 12.1. The summed E-state index contributed by atoms with van der Waals surface area (Å²) < 4.78 is 12.4. The van der Waals surface area contributed by atoms with Crippen LogP contribution in [-0.2, 0) is 4.79 Å². The number of hydrogen-bond donors (Lipinski definition) is 2. The lowest BCUT2D eigenvalue weighted by Gasteiger charge is -2.05. The Morgan fingerprint density at radius 1 is 1.62 bits per heavy atom. The highest BCUT2D eigenvalue weighted by Gasteiger charge is 2.06. The molecule has 0 aliphatic heterocycles. The van der Waals surface area contributed by atoms with E-state index in [1.165, 1.54) is 0 Å². The van der Waals surface area contributed by atoms with Crippen molar-refractivity contribution < 1.29 is 19.4 Å². The molecule has 0 spiro atoms. The van der Waals surface area contributed by atoms with Crippen LogP contribution in [0.4, 0.5) is 4.39 Å². The average molecular weight is 190 g/mol. The van der Waals surface area contributed by atoms with E-state index in [1.807, 2.05) is 6.92 Å². The third kappa shape index (κ3) is 6.28. The summed E-state index contributed by atoms with van der Waals surface area (Å²) in [7, 11) is 0. The Balaban J connectivity index is 3.73. The number of halogens is 1. The molecule has 0 bridgehead atoms. The van der Waals surface area contributed by atoms with Crippen molar-refractivity contribution in [3.8, 4) is 0 Å². The third-order valence-corrected chi connectivity index (χ3v) is 1.76. The molecule has 4 heteroatoms. The number of carboxylic acids is 1. The first-order valence-electron chi connectivity index (χ1n) is 4.27. The zero-order valence-corrected chi connectivity index (χ0v) is 7.66. The summed E-state index contributed by atoms with van der Waals surface area (Å²) in [6.07, 6.45) is 2.92. The summed E-state index contributed by atoms with van der Waals surface area (Å²) in [5.74, 6) is -2.41. The van der Waals surface area contributed by atoms with E-state index >= 15 is 0 Å². The van der Waals surface area contributed by atoms with Gasteiger partial charge in [-0.3, -0.25) is 0 Å². The van der Waals surface area contributed by atoms with Gasteiger partial charge >= 0.3 is 5.97 Å². The number of rotatable bonds is 6. The first-order chi connectivity index (χ1) is 6.07. The number of carbonyl (C=O) groups is 1. The summed E-state index contributed by atoms with van der Waals surface area (Å²) in [5.41, 5.74) is 0. The van der Waals surface area contributed by atoms with Gasteiger partial charge in [0.15, 0.2) is 0 Å². The number of aliphatic hydroxyl groups is 1. The zero-order chi connectivity index (χ0) is 10.3. The molecule has 0 aliphatic rings. The van der Waals surface area contributed by atoms with Gasteiger partial charge in [0, 0.05) is 6.61 Å². The minimum absolute atomic E-state index is 0.121. The van der Waals surface area contributed by atoms with Crippen molar-refractivity contribution >= 4 is 5.97 Å². The van der Waals surface area contributed by atoms with Gasteiger partial charge in [-0.25, -0.2) is 4.79 Å². The maximum absolute atomic E-state index is 12.4. The van der Waals surface area contributed by atoms with Crippen molar-refractivity contribution in [2.75, 3.05) is 6.61 Å². The second-order valence-electron chi connectivity index (χ2n) is 3.06. The Kier molecular flexibility index (Phi) is 6.14. The molecule has 2 N–H and O–H groups in total. The van der Waals surface area contributed by atoms with Crippen molar-refractivity contribution in [2.45, 2.75) is 26.2 Å². The first-order valence-corrected chi connectivity index (χ1v) is 4.27. The summed E-state index contributed by atoms with van der Waals surface area (Å²) >= 11 is 0. The van der Waals surface area contributed by atoms with E-state index in [9.17, 15) is 9.18 Å². The van der Waals surface area contributed by atoms with Crippen molar-refractivity contribution in [2.24, 2.45) is 5.92 Å². The van der Waals surface area contributed by atoms with Crippen LogP contribution in [0.3, 0.4) is 0 Å². The lowest BCUT2D eigenvalue weighted by Crippen LogP contribution is -1.98. The van der Waals surface area contributed by atoms with E-state index in [-0.39, 0.29) is 12.5 Å². The number of hydrogen-bond acceptors (Lipinski definition) is 2. The minimum Gasteiger partial charge on any atom is -0.476 e. The van der Waals surface area contributed by atoms with Gasteiger partial charge in [-0.15, -0.1) is 0 Å². The van der Waals surface area contributed by atoms with Crippen molar-refractivity contribution in [3.63, 3.8) is 0 Å². The molecule has 0 aliphatic carbocycles. The van der Waals surface area contributed by atoms with Crippen molar-refractivity contribution in [3.05, 3.63) is 11.9 Å². The van der Waals surface area contributed by atoms with E-state index in [1.54, 1.807) is 0 Å². The van der Waals surface area contributed by atoms with Gasteiger partial charge < -0.3 is 10.2 Å². The fraction of sp³-hybridized carbons (Fsp3) is 0.667. The number of carboxylic acid groups (broad SMARTS) is 1. The van der Waals surface area contributed by atoms with Crippen LogP contribution in [0.25, 0.3) is 0 Å². The average Bonchev–Trinajstić information content (AvgIpc) is 2.10. The molecule has 0 radical (unpaired) electrons. The molecule has 0 amide bonds. The van der Waals surface area contributed by atoms with E-state index in [0.717, 1.165) is 12.5 Å². The van der Waals surface area contributed by atoms with Crippen LogP contribution in [0.1, 0.15) is 26.2 Å². The molecule has 76 valence electrons. The van der Waals surface area contributed by atoms with Gasteiger partial charge in [0.2, 0.25) is 5.83 Å². The maximum Gasteiger partial charge on any atom is 0.364 e. The van der Waals surface area contributed by atoms with Crippen LogP contribution in [0.2, 0.25) is 0 Å². The molecular weight excluding hydrogens is 175 g/mol. The van der Waals surface area contributed by atoms with Gasteiger partial charge in [-0.2, -0.15) is 4.39 Å². The second-order valence-corrected chi connectivity index (χ2v) is 3.06. The van der Waals surface area contributed by atoms with E-state index in [4.69, 9.17) is 10.2 Å². The fourth-order valence-electron chi connectivity index (χ4n) is 0.950. The zero-order valence-electron chi connectivity index (χ0n) is 7.66. The number of aliphatic hydroxyl groups excluding tert-OH is 1. The monoisotopic (exact) mass is 190 g/mol. The van der Waals surface area contributed by atoms with Crippen LogP contribution in [0.15, 0.2) is 11.9 Å². The molecular formula is C9H15FO3. The maximum atomic E-state index is 12.4. The van der Waals surface area contributed by atoms with Crippen molar-refractivity contribution in [1.82, 2.24) is 0 Å². The Bertz CT molecular complexity index is 189. The Morgan fingerprint density at radius 3 is 2.69 bits per heavy atom. The van der Waals surface area contributed by atoms with Gasteiger partial charge in [-0.1, -0.05) is 6.92 Å². The Hall–Kier alpha value is -0.900. The highest BCUT2D eigenvalue weighted by molar-refractivity contribution is 5.83. The summed E-state index contributed by atoms with van der Waals surface area (Å²) in [5, 5.41) is 16.7. The standard InChI is InChI=1S/C9H15FO3/c1-7(3-2-6-11)4-5-8(10)9(12)13/h5,7,11H,2-4,6H2,1H3,(H,12,13)/b8-5-/t7-/m1/s1. The molecule has 0 rings (SSSR count). The van der Waals surface area contributed by atoms with Gasteiger partial charge in [0.1, 0.15) is 0 Å². The quantitative estimate of drug-likeness (QED) is 0.627. The third-order valence-electron chi connectivity index (χ3n) is 1.76. The van der Waals surface area contributed by atoms with Crippen LogP contribution in [0, 0.1) is 5.92 Å². The summed E-state index contributed by atoms with van der Waals surface area (Å²) in [6, 6.07) is 0. The smallest absolute Gasteiger partial charge is 0.364 e. The predicted octanol–water partition coefficient (Wildman–Crippen LogP) is 1.72. The van der Waals surface area contributed by atoms with Crippen molar-refractivity contribution in [1.29, 1.82) is 0 Å². The minimum atomic E-state index is -1.52. The Morgan fingerprint density at radius 2 is 2.23 bits per heavy atom. The van der Waals surface area contributed by atoms with Gasteiger partial charge in [-0.05, 0) is 31.3 Å². The number of aliphatic carboxylic acids is 1. The summed E-state index contributed by atoms with van der Waals surface area (Å²) in [6.45, 7) is 2.01. The molecule has 0 heterocycles. The largest absolute Gasteiger partial charge is 0.476 e. The lowest BCUT2D eigenvalue weighted by molar-refractivity contribution is -0.134. The molecule has 0 aromatic carbocycles. The molecule has 3 nitrogen and oxygen atoms in total. The van der Waals surface area contributed by atoms with Crippen LogP contribution >= 0.6 is 0 Å². The molecule has 1 atom stereocenters. The van der Waals surface area contributed by atoms with E-state index in [0.29, 0.717) is 12.8 Å². The van der Waals surface area contributed by atoms with E-state index in [2.05, 4.69) is 0 Å². The van der Waals surface area contributed by atoms with Crippen LogP contribution in [0.5, 0.6) is 0 Å². The molecule has 0 fully saturated rings. The summed E-state index contributed by atoms with van der Waals surface area (Å²) in [4.78, 5) is 10.0. The number of allylic oxidation sites excluding steroid dienone is 1.